The molecule has 4 heteroatoms. The summed E-state index contributed by atoms with van der Waals surface area (Å²) in [6.45, 7) is 3.23. The number of nitrogens with two attached hydrogens (primary N) is 1. The van der Waals surface area contributed by atoms with E-state index in [-0.39, 0.29) is 12.4 Å². The number of hydrogen-bond acceptors (Lipinski definition) is 2. The molecule has 0 bridgehead atoms. The van der Waals surface area contributed by atoms with Crippen molar-refractivity contribution < 1.29 is 0 Å². The molecule has 0 aromatic heterocycles. The summed E-state index contributed by atoms with van der Waals surface area (Å²) in [7, 11) is 0. The Morgan fingerprint density at radius 3 is 2.20 bits per heavy atom. The summed E-state index contributed by atoms with van der Waals surface area (Å²) in [4.78, 5) is 2.32. The molecule has 2 aromatic rings. The van der Waals surface area contributed by atoms with Crippen LogP contribution in [0.25, 0.3) is 0 Å². The molecule has 108 valence electrons. The van der Waals surface area contributed by atoms with Crippen molar-refractivity contribution in [3.8, 4) is 0 Å². The Bertz CT molecular complexity index is 503. The maximum atomic E-state index is 6.21. The van der Waals surface area contributed by atoms with Gasteiger partial charge in [0, 0.05) is 31.2 Å². The highest BCUT2D eigenvalue weighted by Crippen LogP contribution is 2.18. The van der Waals surface area contributed by atoms with E-state index < -0.39 is 0 Å². The van der Waals surface area contributed by atoms with Crippen molar-refractivity contribution in [2.24, 2.45) is 5.73 Å². The summed E-state index contributed by atoms with van der Waals surface area (Å²) in [5.41, 5.74) is 8.14. The lowest BCUT2D eigenvalue weighted by Gasteiger charge is -2.22. The van der Waals surface area contributed by atoms with E-state index in [4.69, 9.17) is 17.3 Å². The van der Waals surface area contributed by atoms with Crippen LogP contribution in [0.2, 0.25) is 5.02 Å². The zero-order valence-electron chi connectivity index (χ0n) is 11.3. The molecule has 2 rings (SSSR count). The fourth-order valence-corrected chi connectivity index (χ4v) is 2.30. The Labute approximate surface area is 132 Å². The third kappa shape index (κ3) is 5.14. The van der Waals surface area contributed by atoms with Crippen molar-refractivity contribution in [3.05, 3.63) is 70.7 Å². The van der Waals surface area contributed by atoms with Gasteiger partial charge in [0.05, 0.1) is 0 Å². The van der Waals surface area contributed by atoms with Crippen LogP contribution in [0.5, 0.6) is 0 Å². The lowest BCUT2D eigenvalue weighted by Crippen LogP contribution is -2.28. The smallest absolute Gasteiger partial charge is 0.0451 e. The van der Waals surface area contributed by atoms with Crippen LogP contribution in [0.4, 0.5) is 0 Å². The lowest BCUT2D eigenvalue weighted by atomic mass is 10.1. The minimum atomic E-state index is 0. The van der Waals surface area contributed by atoms with Crippen molar-refractivity contribution in [3.63, 3.8) is 0 Å². The maximum absolute atomic E-state index is 6.21. The molecule has 0 atom stereocenters. The maximum Gasteiger partial charge on any atom is 0.0451 e. The van der Waals surface area contributed by atoms with Gasteiger partial charge >= 0.3 is 0 Å². The number of hydrogen-bond donors (Lipinski definition) is 1. The summed E-state index contributed by atoms with van der Waals surface area (Å²) in [6.07, 6.45) is 0. The van der Waals surface area contributed by atoms with Gasteiger partial charge in [-0.05, 0) is 17.2 Å². The summed E-state index contributed by atoms with van der Waals surface area (Å²) in [6, 6.07) is 18.4. The molecule has 0 aliphatic heterocycles. The first-order valence-electron chi connectivity index (χ1n) is 6.49. The van der Waals surface area contributed by atoms with Gasteiger partial charge in [0.2, 0.25) is 0 Å². The van der Waals surface area contributed by atoms with Crippen molar-refractivity contribution >= 4 is 24.0 Å². The molecular formula is C16H20Cl2N2. The minimum Gasteiger partial charge on any atom is -0.329 e. The van der Waals surface area contributed by atoms with Crippen LogP contribution in [-0.4, -0.2) is 18.0 Å². The molecular weight excluding hydrogens is 291 g/mol. The Kier molecular flexibility index (Phi) is 7.63. The number of nitrogens with zero attached hydrogens (tertiary/aromatic N) is 1. The zero-order chi connectivity index (χ0) is 13.5. The second-order valence-corrected chi connectivity index (χ2v) is 4.98. The molecule has 0 unspecified atom stereocenters. The van der Waals surface area contributed by atoms with Crippen molar-refractivity contribution in [2.45, 2.75) is 13.1 Å². The highest BCUT2D eigenvalue weighted by atomic mass is 35.5. The average molecular weight is 311 g/mol. The molecule has 0 radical (unpaired) electrons. The van der Waals surface area contributed by atoms with Gasteiger partial charge < -0.3 is 5.73 Å². The Morgan fingerprint density at radius 2 is 1.55 bits per heavy atom. The van der Waals surface area contributed by atoms with Crippen LogP contribution < -0.4 is 5.73 Å². The first-order chi connectivity index (χ1) is 9.29. The summed E-state index contributed by atoms with van der Waals surface area (Å²) < 4.78 is 0. The van der Waals surface area contributed by atoms with Gasteiger partial charge in [0.25, 0.3) is 0 Å². The predicted octanol–water partition coefficient (Wildman–Crippen LogP) is 3.72. The van der Waals surface area contributed by atoms with Crippen molar-refractivity contribution in [2.75, 3.05) is 13.1 Å². The lowest BCUT2D eigenvalue weighted by molar-refractivity contribution is 0.264. The molecule has 0 aliphatic rings. The van der Waals surface area contributed by atoms with Gasteiger partial charge in [-0.15, -0.1) is 12.4 Å². The first kappa shape index (κ1) is 17.0. The van der Waals surface area contributed by atoms with E-state index in [1.807, 2.05) is 24.3 Å². The van der Waals surface area contributed by atoms with Gasteiger partial charge in [-0.25, -0.2) is 0 Å². The van der Waals surface area contributed by atoms with Gasteiger partial charge in [-0.3, -0.25) is 4.90 Å². The van der Waals surface area contributed by atoms with E-state index in [1.54, 1.807) is 0 Å². The topological polar surface area (TPSA) is 29.3 Å². The van der Waals surface area contributed by atoms with Crippen LogP contribution in [0, 0.1) is 0 Å². The molecule has 0 spiro atoms. The fraction of sp³-hybridized carbons (Fsp3) is 0.250. The highest BCUT2D eigenvalue weighted by molar-refractivity contribution is 6.31. The standard InChI is InChI=1S/C16H19ClN2.ClH/c17-16-9-5-4-8-15(16)13-19(11-10-18)12-14-6-2-1-3-7-14;/h1-9H,10-13,18H2;1H. The first-order valence-corrected chi connectivity index (χ1v) is 6.87. The van der Waals surface area contributed by atoms with E-state index in [0.29, 0.717) is 6.54 Å². The van der Waals surface area contributed by atoms with E-state index in [9.17, 15) is 0 Å². The third-order valence-corrected chi connectivity index (χ3v) is 3.41. The molecule has 0 fully saturated rings. The fourth-order valence-electron chi connectivity index (χ4n) is 2.11. The van der Waals surface area contributed by atoms with Crippen LogP contribution >= 0.6 is 24.0 Å². The monoisotopic (exact) mass is 310 g/mol. The molecule has 0 heterocycles. The number of benzene rings is 2. The normalized spacial score (nSPS) is 10.3. The highest BCUT2D eigenvalue weighted by Gasteiger charge is 2.08. The van der Waals surface area contributed by atoms with E-state index in [2.05, 4.69) is 35.2 Å². The van der Waals surface area contributed by atoms with E-state index >= 15 is 0 Å². The van der Waals surface area contributed by atoms with Crippen molar-refractivity contribution in [1.82, 2.24) is 4.90 Å². The molecule has 0 amide bonds. The summed E-state index contributed by atoms with van der Waals surface area (Å²) in [5, 5.41) is 0.817. The third-order valence-electron chi connectivity index (χ3n) is 3.05. The Hall–Kier alpha value is -1.06. The quantitative estimate of drug-likeness (QED) is 0.881. The van der Waals surface area contributed by atoms with Crippen LogP contribution in [0.1, 0.15) is 11.1 Å². The van der Waals surface area contributed by atoms with Crippen LogP contribution in [0.3, 0.4) is 0 Å². The molecule has 0 saturated heterocycles. The SMILES string of the molecule is Cl.NCCN(Cc1ccccc1)Cc1ccccc1Cl. The largest absolute Gasteiger partial charge is 0.329 e. The van der Waals surface area contributed by atoms with Gasteiger partial charge in [0.1, 0.15) is 0 Å². The van der Waals surface area contributed by atoms with Crippen LogP contribution in [0.15, 0.2) is 54.6 Å². The molecule has 2 nitrogen and oxygen atoms in total. The Morgan fingerprint density at radius 1 is 0.900 bits per heavy atom. The van der Waals surface area contributed by atoms with Gasteiger partial charge in [-0.1, -0.05) is 60.1 Å². The minimum absolute atomic E-state index is 0. The predicted molar refractivity (Wildman–Crippen MR) is 88.3 cm³/mol. The van der Waals surface area contributed by atoms with E-state index in [1.165, 1.54) is 5.56 Å². The summed E-state index contributed by atoms with van der Waals surface area (Å²) >= 11 is 6.21. The number of halogens is 2. The molecule has 0 saturated carbocycles. The van der Waals surface area contributed by atoms with Gasteiger partial charge in [-0.2, -0.15) is 0 Å². The van der Waals surface area contributed by atoms with E-state index in [0.717, 1.165) is 30.2 Å². The second-order valence-electron chi connectivity index (χ2n) is 4.58. The Balaban J connectivity index is 0.00000200. The molecule has 2 N–H and O–H groups in total. The van der Waals surface area contributed by atoms with Crippen LogP contribution in [-0.2, 0) is 13.1 Å². The molecule has 20 heavy (non-hydrogen) atoms. The van der Waals surface area contributed by atoms with Gasteiger partial charge in [0.15, 0.2) is 0 Å². The second kappa shape index (κ2) is 8.98. The summed E-state index contributed by atoms with van der Waals surface area (Å²) in [5.74, 6) is 0. The number of rotatable bonds is 6. The zero-order valence-corrected chi connectivity index (χ0v) is 12.9. The molecule has 2 aromatic carbocycles. The molecule has 0 aliphatic carbocycles. The van der Waals surface area contributed by atoms with Crippen molar-refractivity contribution in [1.29, 1.82) is 0 Å². The average Bonchev–Trinajstić information content (AvgIpc) is 2.43.